The van der Waals surface area contributed by atoms with Gasteiger partial charge >= 0.3 is 0 Å². The number of hydrogen-bond donors (Lipinski definition) is 3. The van der Waals surface area contributed by atoms with Gasteiger partial charge in [-0.2, -0.15) is 4.98 Å². The van der Waals surface area contributed by atoms with Crippen LogP contribution in [0.25, 0.3) is 0 Å². The Balaban J connectivity index is 1.63. The van der Waals surface area contributed by atoms with E-state index in [9.17, 15) is 9.50 Å². The summed E-state index contributed by atoms with van der Waals surface area (Å²) in [5.74, 6) is 1.29. The lowest BCUT2D eigenvalue weighted by Gasteiger charge is -2.13. The topological polar surface area (TPSA) is 79.3 Å². The molecular formula is C19H19FN4O2. The van der Waals surface area contributed by atoms with Crippen molar-refractivity contribution in [3.8, 4) is 5.75 Å². The molecule has 0 aliphatic heterocycles. The summed E-state index contributed by atoms with van der Waals surface area (Å²) in [5, 5.41) is 16.3. The second-order valence-corrected chi connectivity index (χ2v) is 5.57. The SMILES string of the molecule is COc1cccc(Nc2nccc(NCC(O)c3cccc(F)c3)n2)c1. The van der Waals surface area contributed by atoms with E-state index >= 15 is 0 Å². The molecule has 0 aliphatic rings. The maximum Gasteiger partial charge on any atom is 0.229 e. The normalized spacial score (nSPS) is 11.7. The Morgan fingerprint density at radius 2 is 2.00 bits per heavy atom. The van der Waals surface area contributed by atoms with Gasteiger partial charge in [0.1, 0.15) is 17.4 Å². The number of hydrogen-bond acceptors (Lipinski definition) is 6. The average molecular weight is 354 g/mol. The summed E-state index contributed by atoms with van der Waals surface area (Å²) in [6.45, 7) is 0.194. The molecule has 0 saturated carbocycles. The first kappa shape index (κ1) is 17.6. The van der Waals surface area contributed by atoms with Crippen LogP contribution in [0.3, 0.4) is 0 Å². The summed E-state index contributed by atoms with van der Waals surface area (Å²) in [6.07, 6.45) is 0.752. The van der Waals surface area contributed by atoms with E-state index in [4.69, 9.17) is 4.74 Å². The zero-order valence-corrected chi connectivity index (χ0v) is 14.2. The number of ether oxygens (including phenoxy) is 1. The molecule has 0 amide bonds. The number of rotatable bonds is 7. The van der Waals surface area contributed by atoms with Crippen LogP contribution in [-0.4, -0.2) is 28.7 Å². The maximum atomic E-state index is 13.2. The van der Waals surface area contributed by atoms with Gasteiger partial charge in [0.15, 0.2) is 0 Å². The number of benzene rings is 2. The van der Waals surface area contributed by atoms with Gasteiger partial charge in [0.25, 0.3) is 0 Å². The highest BCUT2D eigenvalue weighted by Crippen LogP contribution is 2.20. The lowest BCUT2D eigenvalue weighted by molar-refractivity contribution is 0.191. The summed E-state index contributed by atoms with van der Waals surface area (Å²) >= 11 is 0. The summed E-state index contributed by atoms with van der Waals surface area (Å²) in [7, 11) is 1.60. The highest BCUT2D eigenvalue weighted by molar-refractivity contribution is 5.56. The zero-order chi connectivity index (χ0) is 18.4. The van der Waals surface area contributed by atoms with Crippen LogP contribution in [-0.2, 0) is 0 Å². The van der Waals surface area contributed by atoms with E-state index in [1.807, 2.05) is 24.3 Å². The number of aromatic nitrogens is 2. The summed E-state index contributed by atoms with van der Waals surface area (Å²) in [5.41, 5.74) is 1.29. The molecule has 0 saturated heterocycles. The Morgan fingerprint density at radius 3 is 2.81 bits per heavy atom. The highest BCUT2D eigenvalue weighted by Gasteiger charge is 2.09. The second kappa shape index (κ2) is 8.26. The molecule has 0 radical (unpaired) electrons. The Labute approximate surface area is 150 Å². The molecule has 0 aliphatic carbocycles. The fraction of sp³-hybridized carbons (Fsp3) is 0.158. The first-order valence-corrected chi connectivity index (χ1v) is 8.05. The molecule has 1 atom stereocenters. The Kier molecular flexibility index (Phi) is 5.60. The predicted octanol–water partition coefficient (Wildman–Crippen LogP) is 3.51. The molecule has 134 valence electrons. The van der Waals surface area contributed by atoms with Crippen LogP contribution in [0.4, 0.5) is 21.8 Å². The first-order chi connectivity index (χ1) is 12.6. The summed E-state index contributed by atoms with van der Waals surface area (Å²) in [4.78, 5) is 8.52. The molecule has 3 aromatic rings. The van der Waals surface area contributed by atoms with E-state index in [1.165, 1.54) is 12.1 Å². The van der Waals surface area contributed by atoms with Crippen molar-refractivity contribution in [1.29, 1.82) is 0 Å². The molecule has 26 heavy (non-hydrogen) atoms. The maximum absolute atomic E-state index is 13.2. The third kappa shape index (κ3) is 4.67. The molecular weight excluding hydrogens is 335 g/mol. The van der Waals surface area contributed by atoms with Crippen molar-refractivity contribution in [2.24, 2.45) is 0 Å². The molecule has 6 nitrogen and oxygen atoms in total. The molecule has 1 aromatic heterocycles. The first-order valence-electron chi connectivity index (χ1n) is 8.05. The lowest BCUT2D eigenvalue weighted by atomic mass is 10.1. The van der Waals surface area contributed by atoms with Gasteiger partial charge in [-0.25, -0.2) is 9.37 Å². The summed E-state index contributed by atoms with van der Waals surface area (Å²) in [6, 6.07) is 15.0. The standard InChI is InChI=1S/C19H19FN4O2/c1-26-16-7-3-6-15(11-16)23-19-21-9-8-18(24-19)22-12-17(25)13-4-2-5-14(20)10-13/h2-11,17,25H,12H2,1H3,(H2,21,22,23,24). The van der Waals surface area contributed by atoms with Crippen LogP contribution in [0.15, 0.2) is 60.8 Å². The van der Waals surface area contributed by atoms with Crippen LogP contribution >= 0.6 is 0 Å². The van der Waals surface area contributed by atoms with Gasteiger partial charge < -0.3 is 20.5 Å². The number of halogens is 1. The van der Waals surface area contributed by atoms with Crippen molar-refractivity contribution in [2.45, 2.75) is 6.10 Å². The smallest absolute Gasteiger partial charge is 0.229 e. The van der Waals surface area contributed by atoms with E-state index in [0.717, 1.165) is 11.4 Å². The van der Waals surface area contributed by atoms with E-state index < -0.39 is 6.10 Å². The molecule has 3 N–H and O–H groups in total. The van der Waals surface area contributed by atoms with Crippen LogP contribution < -0.4 is 15.4 Å². The molecule has 0 fully saturated rings. The van der Waals surface area contributed by atoms with Crippen molar-refractivity contribution < 1.29 is 14.2 Å². The molecule has 0 bridgehead atoms. The minimum Gasteiger partial charge on any atom is -0.497 e. The highest BCUT2D eigenvalue weighted by atomic mass is 19.1. The van der Waals surface area contributed by atoms with E-state index in [-0.39, 0.29) is 12.4 Å². The van der Waals surface area contributed by atoms with Crippen LogP contribution in [0.2, 0.25) is 0 Å². The third-order valence-corrected chi connectivity index (χ3v) is 3.69. The number of nitrogens with one attached hydrogen (secondary N) is 2. The molecule has 2 aromatic carbocycles. The van der Waals surface area contributed by atoms with Gasteiger partial charge in [-0.1, -0.05) is 18.2 Å². The minimum atomic E-state index is -0.851. The van der Waals surface area contributed by atoms with Gasteiger partial charge in [0.2, 0.25) is 5.95 Å². The van der Waals surface area contributed by atoms with E-state index in [2.05, 4.69) is 20.6 Å². The van der Waals surface area contributed by atoms with Crippen LogP contribution in [0.5, 0.6) is 5.75 Å². The van der Waals surface area contributed by atoms with Gasteiger partial charge in [0.05, 0.1) is 13.2 Å². The van der Waals surface area contributed by atoms with Crippen molar-refractivity contribution >= 4 is 17.5 Å². The van der Waals surface area contributed by atoms with Crippen molar-refractivity contribution in [1.82, 2.24) is 9.97 Å². The van der Waals surface area contributed by atoms with E-state index in [1.54, 1.807) is 31.5 Å². The number of methoxy groups -OCH3 is 1. The van der Waals surface area contributed by atoms with Gasteiger partial charge in [-0.05, 0) is 35.9 Å². The molecule has 3 rings (SSSR count). The van der Waals surface area contributed by atoms with Crippen LogP contribution in [0.1, 0.15) is 11.7 Å². The molecule has 7 heteroatoms. The predicted molar refractivity (Wildman–Crippen MR) is 98.2 cm³/mol. The fourth-order valence-electron chi connectivity index (χ4n) is 2.38. The molecule has 1 heterocycles. The Morgan fingerprint density at radius 1 is 1.15 bits per heavy atom. The lowest BCUT2D eigenvalue weighted by Crippen LogP contribution is -2.13. The number of nitrogens with zero attached hydrogens (tertiary/aromatic N) is 2. The Hall–Kier alpha value is -3.19. The van der Waals surface area contributed by atoms with Crippen LogP contribution in [0, 0.1) is 5.82 Å². The summed E-state index contributed by atoms with van der Waals surface area (Å²) < 4.78 is 18.4. The number of aliphatic hydroxyl groups is 1. The molecule has 1 unspecified atom stereocenters. The van der Waals surface area contributed by atoms with Gasteiger partial charge in [-0.15, -0.1) is 0 Å². The van der Waals surface area contributed by atoms with Crippen molar-refractivity contribution in [3.05, 3.63) is 72.2 Å². The van der Waals surface area contributed by atoms with Crippen molar-refractivity contribution in [2.75, 3.05) is 24.3 Å². The van der Waals surface area contributed by atoms with E-state index in [0.29, 0.717) is 17.3 Å². The third-order valence-electron chi connectivity index (χ3n) is 3.69. The average Bonchev–Trinajstić information content (AvgIpc) is 2.66. The quantitative estimate of drug-likeness (QED) is 0.603. The molecule has 0 spiro atoms. The van der Waals surface area contributed by atoms with Gasteiger partial charge in [0, 0.05) is 24.5 Å². The monoisotopic (exact) mass is 354 g/mol. The fourth-order valence-corrected chi connectivity index (χ4v) is 2.38. The largest absolute Gasteiger partial charge is 0.497 e. The zero-order valence-electron chi connectivity index (χ0n) is 14.2. The number of aliphatic hydroxyl groups excluding tert-OH is 1. The van der Waals surface area contributed by atoms with Gasteiger partial charge in [-0.3, -0.25) is 0 Å². The van der Waals surface area contributed by atoms with Crippen molar-refractivity contribution in [3.63, 3.8) is 0 Å². The minimum absolute atomic E-state index is 0.194. The number of anilines is 3. The second-order valence-electron chi connectivity index (χ2n) is 5.57. The Bertz CT molecular complexity index is 875.